The van der Waals surface area contributed by atoms with Gasteiger partial charge >= 0.3 is 6.18 Å². The summed E-state index contributed by atoms with van der Waals surface area (Å²) in [5.41, 5.74) is 1.80. The molecule has 1 unspecified atom stereocenters. The van der Waals surface area contributed by atoms with Crippen LogP contribution in [-0.4, -0.2) is 17.4 Å². The smallest absolute Gasteiger partial charge is 0.348 e. The first kappa shape index (κ1) is 18.9. The molecular formula is C18H20F3N3O. The molecular weight excluding hydrogens is 331 g/mol. The lowest BCUT2D eigenvalue weighted by Gasteiger charge is -2.15. The summed E-state index contributed by atoms with van der Waals surface area (Å²) in [5, 5.41) is 5.76. The molecule has 1 amide bonds. The highest BCUT2D eigenvalue weighted by atomic mass is 19.4. The van der Waals surface area contributed by atoms with Crippen molar-refractivity contribution in [1.29, 1.82) is 0 Å². The highest BCUT2D eigenvalue weighted by molar-refractivity contribution is 5.78. The number of alkyl halides is 3. The third-order valence-corrected chi connectivity index (χ3v) is 3.68. The zero-order valence-electron chi connectivity index (χ0n) is 14.0. The van der Waals surface area contributed by atoms with Gasteiger partial charge in [0.05, 0.1) is 12.6 Å². The van der Waals surface area contributed by atoms with Crippen molar-refractivity contribution in [3.63, 3.8) is 0 Å². The molecule has 2 N–H and O–H groups in total. The summed E-state index contributed by atoms with van der Waals surface area (Å²) in [5.74, 6) is -0.187. The van der Waals surface area contributed by atoms with E-state index >= 15 is 0 Å². The van der Waals surface area contributed by atoms with Crippen molar-refractivity contribution in [3.8, 4) is 0 Å². The Hall–Kier alpha value is -2.41. The summed E-state index contributed by atoms with van der Waals surface area (Å²) in [6, 6.07) is 10.0. The van der Waals surface area contributed by atoms with Gasteiger partial charge in [0.15, 0.2) is 0 Å². The highest BCUT2D eigenvalue weighted by Crippen LogP contribution is 2.27. The number of aryl methyl sites for hydroxylation is 1. The lowest BCUT2D eigenvalue weighted by atomic mass is 10.1. The largest absolute Gasteiger partial charge is 0.433 e. The number of nitrogens with zero attached hydrogens (tertiary/aromatic N) is 1. The van der Waals surface area contributed by atoms with Crippen molar-refractivity contribution in [2.45, 2.75) is 32.6 Å². The predicted molar refractivity (Wildman–Crippen MR) is 88.7 cm³/mol. The fraction of sp³-hybridized carbons (Fsp3) is 0.333. The standard InChI is InChI=1S/C18H20F3N3O/c1-12-3-6-15(7-4-12)13(2)24-17(25)11-22-9-14-5-8-16(23-10-14)18(19,20)21/h3-8,10,13,22H,9,11H2,1-2H3,(H,24,25). The third kappa shape index (κ3) is 5.86. The van der Waals surface area contributed by atoms with Gasteiger partial charge < -0.3 is 10.6 Å². The number of hydrogen-bond acceptors (Lipinski definition) is 3. The maximum absolute atomic E-state index is 12.4. The topological polar surface area (TPSA) is 54.0 Å². The molecule has 0 spiro atoms. The number of halogens is 3. The molecule has 25 heavy (non-hydrogen) atoms. The van der Waals surface area contributed by atoms with Crippen molar-refractivity contribution in [1.82, 2.24) is 15.6 Å². The molecule has 2 rings (SSSR count). The molecule has 1 atom stereocenters. The lowest BCUT2D eigenvalue weighted by Crippen LogP contribution is -2.35. The number of carbonyl (C=O) groups is 1. The molecule has 134 valence electrons. The fourth-order valence-corrected chi connectivity index (χ4v) is 2.25. The number of hydrogen-bond donors (Lipinski definition) is 2. The Morgan fingerprint density at radius 3 is 2.40 bits per heavy atom. The summed E-state index contributed by atoms with van der Waals surface area (Å²) < 4.78 is 37.3. The van der Waals surface area contributed by atoms with Crippen LogP contribution in [0.4, 0.5) is 13.2 Å². The summed E-state index contributed by atoms with van der Waals surface area (Å²) in [4.78, 5) is 15.3. The summed E-state index contributed by atoms with van der Waals surface area (Å²) >= 11 is 0. The third-order valence-electron chi connectivity index (χ3n) is 3.68. The Bertz CT molecular complexity index is 697. The molecule has 7 heteroatoms. The first-order valence-electron chi connectivity index (χ1n) is 7.84. The van der Waals surface area contributed by atoms with Gasteiger partial charge in [-0.25, -0.2) is 0 Å². The molecule has 1 heterocycles. The monoisotopic (exact) mass is 351 g/mol. The van der Waals surface area contributed by atoms with E-state index in [1.807, 2.05) is 38.1 Å². The van der Waals surface area contributed by atoms with Crippen LogP contribution in [0.25, 0.3) is 0 Å². The van der Waals surface area contributed by atoms with Crippen LogP contribution in [0.5, 0.6) is 0 Å². The Morgan fingerprint density at radius 1 is 1.16 bits per heavy atom. The summed E-state index contributed by atoms with van der Waals surface area (Å²) in [6.45, 7) is 4.21. The lowest BCUT2D eigenvalue weighted by molar-refractivity contribution is -0.141. The van der Waals surface area contributed by atoms with Crippen LogP contribution in [-0.2, 0) is 17.5 Å². The van der Waals surface area contributed by atoms with Gasteiger partial charge in [0.25, 0.3) is 0 Å². The van der Waals surface area contributed by atoms with Crippen LogP contribution in [0.2, 0.25) is 0 Å². The second kappa shape index (κ2) is 8.11. The molecule has 0 aliphatic carbocycles. The van der Waals surface area contributed by atoms with Gasteiger partial charge in [-0.1, -0.05) is 35.9 Å². The van der Waals surface area contributed by atoms with Gasteiger partial charge in [-0.3, -0.25) is 9.78 Å². The molecule has 0 aliphatic rings. The first-order valence-corrected chi connectivity index (χ1v) is 7.84. The van der Waals surface area contributed by atoms with E-state index in [-0.39, 0.29) is 25.0 Å². The van der Waals surface area contributed by atoms with Gasteiger partial charge in [0.1, 0.15) is 5.69 Å². The number of pyridine rings is 1. The van der Waals surface area contributed by atoms with Gasteiger partial charge in [-0.2, -0.15) is 13.2 Å². The number of carbonyl (C=O) groups excluding carboxylic acids is 1. The van der Waals surface area contributed by atoms with Crippen molar-refractivity contribution < 1.29 is 18.0 Å². The maximum Gasteiger partial charge on any atom is 0.433 e. The van der Waals surface area contributed by atoms with E-state index in [2.05, 4.69) is 15.6 Å². The van der Waals surface area contributed by atoms with Gasteiger partial charge in [0.2, 0.25) is 5.91 Å². The van der Waals surface area contributed by atoms with E-state index in [1.165, 1.54) is 6.07 Å². The van der Waals surface area contributed by atoms with Crippen LogP contribution in [0.1, 0.15) is 35.3 Å². The predicted octanol–water partition coefficient (Wildman–Crippen LogP) is 3.38. The van der Waals surface area contributed by atoms with E-state index in [9.17, 15) is 18.0 Å². The van der Waals surface area contributed by atoms with E-state index in [1.54, 1.807) is 0 Å². The molecule has 0 aliphatic heterocycles. The van der Waals surface area contributed by atoms with E-state index in [0.717, 1.165) is 23.4 Å². The van der Waals surface area contributed by atoms with E-state index < -0.39 is 11.9 Å². The van der Waals surface area contributed by atoms with Crippen LogP contribution in [0.3, 0.4) is 0 Å². The Morgan fingerprint density at radius 2 is 1.84 bits per heavy atom. The molecule has 2 aromatic rings. The van der Waals surface area contributed by atoms with Gasteiger partial charge in [0, 0.05) is 12.7 Å². The van der Waals surface area contributed by atoms with Gasteiger partial charge in [-0.05, 0) is 31.0 Å². The van der Waals surface area contributed by atoms with Crippen LogP contribution in [0.15, 0.2) is 42.6 Å². The minimum atomic E-state index is -4.45. The number of aromatic nitrogens is 1. The molecule has 0 radical (unpaired) electrons. The SMILES string of the molecule is Cc1ccc(C(C)NC(=O)CNCc2ccc(C(F)(F)F)nc2)cc1. The fourth-order valence-electron chi connectivity index (χ4n) is 2.25. The molecule has 0 saturated carbocycles. The minimum absolute atomic E-state index is 0.0667. The highest BCUT2D eigenvalue weighted by Gasteiger charge is 2.31. The molecule has 1 aromatic heterocycles. The number of benzene rings is 1. The van der Waals surface area contributed by atoms with E-state index in [0.29, 0.717) is 5.56 Å². The van der Waals surface area contributed by atoms with Crippen molar-refractivity contribution in [3.05, 3.63) is 65.0 Å². The minimum Gasteiger partial charge on any atom is -0.348 e. The molecule has 1 aromatic carbocycles. The number of rotatable bonds is 6. The Kier molecular flexibility index (Phi) is 6.14. The average molecular weight is 351 g/mol. The second-order valence-electron chi connectivity index (χ2n) is 5.85. The van der Waals surface area contributed by atoms with Crippen LogP contribution >= 0.6 is 0 Å². The summed E-state index contributed by atoms with van der Waals surface area (Å²) in [7, 11) is 0. The van der Waals surface area contributed by atoms with Gasteiger partial charge in [-0.15, -0.1) is 0 Å². The quantitative estimate of drug-likeness (QED) is 0.839. The van der Waals surface area contributed by atoms with Crippen molar-refractivity contribution in [2.75, 3.05) is 6.54 Å². The molecule has 4 nitrogen and oxygen atoms in total. The first-order chi connectivity index (χ1) is 11.8. The van der Waals surface area contributed by atoms with E-state index in [4.69, 9.17) is 0 Å². The molecule has 0 saturated heterocycles. The maximum atomic E-state index is 12.4. The molecule has 0 bridgehead atoms. The normalized spacial score (nSPS) is 12.7. The second-order valence-corrected chi connectivity index (χ2v) is 5.85. The number of amides is 1. The summed E-state index contributed by atoms with van der Waals surface area (Å²) in [6.07, 6.45) is -3.29. The average Bonchev–Trinajstić information content (AvgIpc) is 2.55. The zero-order valence-corrected chi connectivity index (χ0v) is 14.0. The Balaban J connectivity index is 1.77. The van der Waals surface area contributed by atoms with Crippen molar-refractivity contribution >= 4 is 5.91 Å². The van der Waals surface area contributed by atoms with Crippen LogP contribution in [0, 0.1) is 6.92 Å². The van der Waals surface area contributed by atoms with Crippen LogP contribution < -0.4 is 10.6 Å². The number of nitrogens with one attached hydrogen (secondary N) is 2. The van der Waals surface area contributed by atoms with Crippen molar-refractivity contribution in [2.24, 2.45) is 0 Å². The Labute approximate surface area is 144 Å². The molecule has 0 fully saturated rings. The zero-order chi connectivity index (χ0) is 18.4.